The van der Waals surface area contributed by atoms with Gasteiger partial charge in [0.15, 0.2) is 0 Å². The fourth-order valence-electron chi connectivity index (χ4n) is 1.82. The predicted octanol–water partition coefficient (Wildman–Crippen LogP) is 3.37. The van der Waals surface area contributed by atoms with Gasteiger partial charge in [-0.15, -0.1) is 0 Å². The van der Waals surface area contributed by atoms with Gasteiger partial charge in [-0.3, -0.25) is 20.2 Å². The summed E-state index contributed by atoms with van der Waals surface area (Å²) >= 11 is 0. The van der Waals surface area contributed by atoms with Gasteiger partial charge in [-0.2, -0.15) is 0 Å². The zero-order valence-electron chi connectivity index (χ0n) is 11.1. The molecule has 6 nitrogen and oxygen atoms in total. The van der Waals surface area contributed by atoms with Crippen molar-refractivity contribution < 1.29 is 9.85 Å². The number of non-ortho nitro benzene ring substituents is 2. The molecule has 0 saturated heterocycles. The fourth-order valence-corrected chi connectivity index (χ4v) is 1.82. The van der Waals surface area contributed by atoms with Crippen LogP contribution in [0.1, 0.15) is 11.1 Å². The normalized spacial score (nSPS) is 10.3. The summed E-state index contributed by atoms with van der Waals surface area (Å²) in [5.74, 6) is 0. The molecule has 106 valence electrons. The van der Waals surface area contributed by atoms with Crippen molar-refractivity contribution in [1.82, 2.24) is 0 Å². The summed E-state index contributed by atoms with van der Waals surface area (Å²) in [5.41, 5.74) is 1.99. The van der Waals surface area contributed by atoms with E-state index < -0.39 is 9.85 Å². The molecule has 2 aromatic carbocycles. The second kappa shape index (κ2) is 6.60. The van der Waals surface area contributed by atoms with Crippen molar-refractivity contribution in [3.63, 3.8) is 0 Å². The highest BCUT2D eigenvalue weighted by Gasteiger charge is 2.05. The van der Waals surface area contributed by atoms with Gasteiger partial charge in [0, 0.05) is 24.3 Å². The molecule has 2 aromatic rings. The molecule has 0 N–H and O–H groups in total. The molecule has 0 heterocycles. The summed E-state index contributed by atoms with van der Waals surface area (Å²) in [5, 5.41) is 21.1. The molecule has 0 bridgehead atoms. The third-order valence-electron chi connectivity index (χ3n) is 2.95. The van der Waals surface area contributed by atoms with E-state index in [4.69, 9.17) is 0 Å². The van der Waals surface area contributed by atoms with Crippen molar-refractivity contribution in [2.45, 2.75) is 12.8 Å². The van der Waals surface area contributed by atoms with Gasteiger partial charge in [0.05, 0.1) is 9.85 Å². The molecule has 0 aliphatic rings. The Morgan fingerprint density at radius 3 is 1.33 bits per heavy atom. The lowest BCUT2D eigenvalue weighted by atomic mass is 10.0. The van der Waals surface area contributed by atoms with Gasteiger partial charge in [-0.1, -0.05) is 24.3 Å². The Balaban J connectivity index is 1.86. The molecule has 0 aliphatic heterocycles. The van der Waals surface area contributed by atoms with E-state index in [9.17, 15) is 20.2 Å². The lowest BCUT2D eigenvalue weighted by molar-refractivity contribution is -0.385. The molecule has 0 amide bonds. The highest BCUT2D eigenvalue weighted by Crippen LogP contribution is 2.15. The molecule has 2 radical (unpaired) electrons. The SMILES string of the molecule is O=[N+]([O-])c1ccc(C[C]Cc2ccc([N+](=O)[O-])cc2)cc1. The average molecular weight is 284 g/mol. The van der Waals surface area contributed by atoms with Crippen LogP contribution >= 0.6 is 0 Å². The zero-order valence-corrected chi connectivity index (χ0v) is 11.1. The molecule has 21 heavy (non-hydrogen) atoms. The van der Waals surface area contributed by atoms with Crippen LogP contribution in [-0.2, 0) is 12.8 Å². The molecular formula is C15H12N2O4. The Kier molecular flexibility index (Phi) is 4.61. The first-order valence-corrected chi connectivity index (χ1v) is 6.23. The van der Waals surface area contributed by atoms with Crippen molar-refractivity contribution in [3.05, 3.63) is 86.3 Å². The predicted molar refractivity (Wildman–Crippen MR) is 76.8 cm³/mol. The van der Waals surface area contributed by atoms with E-state index in [1.807, 2.05) is 0 Å². The molecule has 0 fully saturated rings. The van der Waals surface area contributed by atoms with Crippen LogP contribution < -0.4 is 0 Å². The van der Waals surface area contributed by atoms with Gasteiger partial charge in [-0.05, 0) is 30.4 Å². The van der Waals surface area contributed by atoms with Gasteiger partial charge in [0.1, 0.15) is 0 Å². The van der Waals surface area contributed by atoms with Crippen LogP contribution in [0, 0.1) is 26.6 Å². The number of benzene rings is 2. The number of hydrogen-bond donors (Lipinski definition) is 0. The minimum atomic E-state index is -0.436. The molecule has 0 atom stereocenters. The lowest BCUT2D eigenvalue weighted by Gasteiger charge is -2.02. The van der Waals surface area contributed by atoms with Crippen LogP contribution in [0.4, 0.5) is 11.4 Å². The highest BCUT2D eigenvalue weighted by atomic mass is 16.6. The first-order chi connectivity index (χ1) is 10.1. The van der Waals surface area contributed by atoms with Crippen molar-refractivity contribution >= 4 is 11.4 Å². The Labute approximate surface area is 121 Å². The van der Waals surface area contributed by atoms with E-state index in [1.54, 1.807) is 24.3 Å². The number of nitro groups is 2. The smallest absolute Gasteiger partial charge is 0.258 e. The van der Waals surface area contributed by atoms with E-state index in [1.165, 1.54) is 24.3 Å². The summed E-state index contributed by atoms with van der Waals surface area (Å²) < 4.78 is 0. The number of nitro benzene ring substituents is 2. The fraction of sp³-hybridized carbons (Fsp3) is 0.133. The van der Waals surface area contributed by atoms with Gasteiger partial charge in [0.2, 0.25) is 0 Å². The largest absolute Gasteiger partial charge is 0.269 e. The molecular weight excluding hydrogens is 272 g/mol. The molecule has 2 rings (SSSR count). The van der Waals surface area contributed by atoms with Crippen molar-refractivity contribution in [2.75, 3.05) is 0 Å². The Morgan fingerprint density at radius 2 is 1.05 bits per heavy atom. The standard InChI is InChI=1S/C15H12N2O4/c18-16(19)14-8-4-12(5-9-14)2-1-3-13-6-10-15(11-7-13)17(20)21/h4-11H,2-3H2. The third-order valence-corrected chi connectivity index (χ3v) is 2.95. The van der Waals surface area contributed by atoms with Crippen molar-refractivity contribution in [3.8, 4) is 0 Å². The van der Waals surface area contributed by atoms with E-state index in [2.05, 4.69) is 6.42 Å². The summed E-state index contributed by atoms with van der Waals surface area (Å²) in [6.07, 6.45) is 4.30. The second-order valence-corrected chi connectivity index (χ2v) is 4.45. The lowest BCUT2D eigenvalue weighted by Crippen LogP contribution is -1.93. The van der Waals surface area contributed by atoms with Gasteiger partial charge >= 0.3 is 0 Å². The van der Waals surface area contributed by atoms with Gasteiger partial charge in [0.25, 0.3) is 11.4 Å². The van der Waals surface area contributed by atoms with E-state index in [0.29, 0.717) is 12.8 Å². The number of hydrogen-bond acceptors (Lipinski definition) is 4. The van der Waals surface area contributed by atoms with Crippen LogP contribution in [0.15, 0.2) is 48.5 Å². The molecule has 0 spiro atoms. The molecule has 0 unspecified atom stereocenters. The molecule has 0 aromatic heterocycles. The van der Waals surface area contributed by atoms with Crippen LogP contribution in [-0.4, -0.2) is 9.85 Å². The average Bonchev–Trinajstić information content (AvgIpc) is 2.48. The zero-order chi connectivity index (χ0) is 15.2. The number of nitrogens with zero attached hydrogens (tertiary/aromatic N) is 2. The van der Waals surface area contributed by atoms with Crippen LogP contribution in [0.2, 0.25) is 0 Å². The summed E-state index contributed by atoms with van der Waals surface area (Å²) in [6, 6.07) is 12.6. The van der Waals surface area contributed by atoms with E-state index in [0.717, 1.165) is 11.1 Å². The van der Waals surface area contributed by atoms with E-state index in [-0.39, 0.29) is 11.4 Å². The summed E-state index contributed by atoms with van der Waals surface area (Å²) in [6.45, 7) is 0. The monoisotopic (exact) mass is 284 g/mol. The van der Waals surface area contributed by atoms with Gasteiger partial charge in [-0.25, -0.2) is 0 Å². The topological polar surface area (TPSA) is 86.3 Å². The Morgan fingerprint density at radius 1 is 0.714 bits per heavy atom. The number of rotatable bonds is 6. The molecule has 6 heteroatoms. The maximum Gasteiger partial charge on any atom is 0.269 e. The maximum atomic E-state index is 10.5. The first kappa shape index (κ1) is 14.6. The minimum Gasteiger partial charge on any atom is -0.258 e. The van der Waals surface area contributed by atoms with Crippen LogP contribution in [0.25, 0.3) is 0 Å². The van der Waals surface area contributed by atoms with Crippen molar-refractivity contribution in [2.24, 2.45) is 0 Å². The van der Waals surface area contributed by atoms with E-state index >= 15 is 0 Å². The first-order valence-electron chi connectivity index (χ1n) is 6.23. The van der Waals surface area contributed by atoms with Crippen LogP contribution in [0.5, 0.6) is 0 Å². The quantitative estimate of drug-likeness (QED) is 0.601. The Bertz CT molecular complexity index is 578. The summed E-state index contributed by atoms with van der Waals surface area (Å²) in [4.78, 5) is 20.2. The van der Waals surface area contributed by atoms with Crippen molar-refractivity contribution in [1.29, 1.82) is 0 Å². The summed E-state index contributed by atoms with van der Waals surface area (Å²) in [7, 11) is 0. The van der Waals surface area contributed by atoms with Gasteiger partial charge < -0.3 is 0 Å². The second-order valence-electron chi connectivity index (χ2n) is 4.45. The maximum absolute atomic E-state index is 10.5. The highest BCUT2D eigenvalue weighted by molar-refractivity contribution is 5.35. The third kappa shape index (κ3) is 4.10. The minimum absolute atomic E-state index is 0.0640. The molecule has 0 saturated carbocycles. The molecule has 0 aliphatic carbocycles. The Hall–Kier alpha value is -2.76. The van der Waals surface area contributed by atoms with Crippen LogP contribution in [0.3, 0.4) is 0 Å².